The van der Waals surface area contributed by atoms with Crippen molar-refractivity contribution in [1.29, 1.82) is 0 Å². The molecule has 1 aromatic carbocycles. The van der Waals surface area contributed by atoms with Gasteiger partial charge in [0.2, 0.25) is 0 Å². The van der Waals surface area contributed by atoms with Crippen LogP contribution in [-0.4, -0.2) is 66.6 Å². The summed E-state index contributed by atoms with van der Waals surface area (Å²) in [5, 5.41) is 8.82. The molecule has 7 nitrogen and oxygen atoms in total. The van der Waals surface area contributed by atoms with Gasteiger partial charge in [-0.25, -0.2) is 0 Å². The molecule has 4 rings (SSSR count). The summed E-state index contributed by atoms with van der Waals surface area (Å²) in [5.41, 5.74) is 0.328. The summed E-state index contributed by atoms with van der Waals surface area (Å²) >= 11 is 0. The third kappa shape index (κ3) is 5.60. The standard InChI is InChI=1S/C22H26F3N5O2/c23-22(24,25)32-18-7-5-17(6-8-18)21(31)30-15-13-29(14-16-30)20-10-9-19(26-27-20)28-11-3-1-2-4-12-28/h5-10H,1-4,11-16H2. The Morgan fingerprint density at radius 1 is 0.750 bits per heavy atom. The van der Waals surface area contributed by atoms with Gasteiger partial charge in [-0.1, -0.05) is 12.8 Å². The first-order chi connectivity index (χ1) is 15.4. The Kier molecular flexibility index (Phi) is 6.66. The van der Waals surface area contributed by atoms with E-state index in [4.69, 9.17) is 0 Å². The van der Waals surface area contributed by atoms with Crippen molar-refractivity contribution in [2.75, 3.05) is 49.1 Å². The highest BCUT2D eigenvalue weighted by molar-refractivity contribution is 5.94. The van der Waals surface area contributed by atoms with E-state index in [0.717, 1.165) is 36.9 Å². The van der Waals surface area contributed by atoms with Crippen molar-refractivity contribution < 1.29 is 22.7 Å². The number of carbonyl (C=O) groups is 1. The first-order valence-electron chi connectivity index (χ1n) is 10.9. The van der Waals surface area contributed by atoms with Crippen LogP contribution in [0.4, 0.5) is 24.8 Å². The summed E-state index contributed by atoms with van der Waals surface area (Å²) in [6.07, 6.45) is 0.123. The number of amides is 1. The number of anilines is 2. The van der Waals surface area contributed by atoms with Crippen LogP contribution in [0, 0.1) is 0 Å². The summed E-state index contributed by atoms with van der Waals surface area (Å²) in [7, 11) is 0. The van der Waals surface area contributed by atoms with Crippen LogP contribution in [0.25, 0.3) is 0 Å². The minimum atomic E-state index is -4.75. The molecular weight excluding hydrogens is 423 g/mol. The maximum Gasteiger partial charge on any atom is 0.573 e. The fourth-order valence-corrected chi connectivity index (χ4v) is 4.08. The van der Waals surface area contributed by atoms with Crippen molar-refractivity contribution in [2.45, 2.75) is 32.0 Å². The van der Waals surface area contributed by atoms with Gasteiger partial charge < -0.3 is 19.4 Å². The molecule has 0 bridgehead atoms. The molecule has 0 spiro atoms. The van der Waals surface area contributed by atoms with Crippen molar-refractivity contribution in [3.63, 3.8) is 0 Å². The number of nitrogens with zero attached hydrogens (tertiary/aromatic N) is 5. The fourth-order valence-electron chi connectivity index (χ4n) is 4.08. The smallest absolute Gasteiger partial charge is 0.406 e. The second-order valence-corrected chi connectivity index (χ2v) is 8.00. The Hall–Kier alpha value is -3.04. The summed E-state index contributed by atoms with van der Waals surface area (Å²) in [6, 6.07) is 8.99. The van der Waals surface area contributed by atoms with E-state index in [1.165, 1.54) is 37.8 Å². The molecule has 32 heavy (non-hydrogen) atoms. The van der Waals surface area contributed by atoms with Gasteiger partial charge >= 0.3 is 6.36 Å². The Labute approximate surface area is 184 Å². The molecular formula is C22H26F3N5O2. The number of ether oxygens (including phenoxy) is 1. The number of benzene rings is 1. The van der Waals surface area contributed by atoms with Crippen LogP contribution in [0.1, 0.15) is 36.0 Å². The maximum atomic E-state index is 12.7. The average molecular weight is 449 g/mol. The Balaban J connectivity index is 1.31. The lowest BCUT2D eigenvalue weighted by atomic mass is 10.1. The summed E-state index contributed by atoms with van der Waals surface area (Å²) in [6.45, 7) is 4.23. The number of carbonyl (C=O) groups excluding carboxylic acids is 1. The topological polar surface area (TPSA) is 61.8 Å². The monoisotopic (exact) mass is 449 g/mol. The molecule has 1 aromatic heterocycles. The third-order valence-electron chi connectivity index (χ3n) is 5.79. The van der Waals surface area contributed by atoms with Crippen LogP contribution in [-0.2, 0) is 0 Å². The van der Waals surface area contributed by atoms with Gasteiger partial charge in [0.05, 0.1) is 0 Å². The summed E-state index contributed by atoms with van der Waals surface area (Å²) in [5.74, 6) is 1.12. The molecule has 0 unspecified atom stereocenters. The maximum absolute atomic E-state index is 12.7. The molecule has 0 N–H and O–H groups in total. The largest absolute Gasteiger partial charge is 0.573 e. The number of alkyl halides is 3. The number of piperazine rings is 1. The highest BCUT2D eigenvalue weighted by Gasteiger charge is 2.31. The van der Waals surface area contributed by atoms with E-state index in [0.29, 0.717) is 31.7 Å². The Morgan fingerprint density at radius 3 is 1.78 bits per heavy atom. The van der Waals surface area contributed by atoms with E-state index in [9.17, 15) is 18.0 Å². The van der Waals surface area contributed by atoms with Gasteiger partial charge in [0.15, 0.2) is 11.6 Å². The van der Waals surface area contributed by atoms with E-state index in [2.05, 4.69) is 24.7 Å². The van der Waals surface area contributed by atoms with Crippen LogP contribution < -0.4 is 14.5 Å². The lowest BCUT2D eigenvalue weighted by Crippen LogP contribution is -2.49. The SMILES string of the molecule is O=C(c1ccc(OC(F)(F)F)cc1)N1CCN(c2ccc(N3CCCCCC3)nn2)CC1. The van der Waals surface area contributed by atoms with Crippen molar-refractivity contribution in [1.82, 2.24) is 15.1 Å². The van der Waals surface area contributed by atoms with E-state index in [1.54, 1.807) is 4.90 Å². The second kappa shape index (κ2) is 9.62. The molecule has 3 heterocycles. The Bertz CT molecular complexity index is 889. The molecule has 2 fully saturated rings. The third-order valence-corrected chi connectivity index (χ3v) is 5.79. The van der Waals surface area contributed by atoms with Crippen molar-refractivity contribution in [3.05, 3.63) is 42.0 Å². The van der Waals surface area contributed by atoms with Crippen LogP contribution >= 0.6 is 0 Å². The van der Waals surface area contributed by atoms with Gasteiger partial charge in [0, 0.05) is 44.8 Å². The minimum Gasteiger partial charge on any atom is -0.406 e. The van der Waals surface area contributed by atoms with E-state index >= 15 is 0 Å². The van der Waals surface area contributed by atoms with Crippen molar-refractivity contribution >= 4 is 17.5 Å². The molecule has 0 aliphatic carbocycles. The van der Waals surface area contributed by atoms with Gasteiger partial charge in [-0.3, -0.25) is 4.79 Å². The van der Waals surface area contributed by atoms with Crippen molar-refractivity contribution in [2.24, 2.45) is 0 Å². The summed E-state index contributed by atoms with van der Waals surface area (Å²) < 4.78 is 40.7. The normalized spacial score (nSPS) is 17.8. The number of halogens is 3. The average Bonchev–Trinajstić information content (AvgIpc) is 3.08. The molecule has 1 amide bonds. The van der Waals surface area contributed by atoms with E-state index in [-0.39, 0.29) is 11.7 Å². The van der Waals surface area contributed by atoms with Gasteiger partial charge in [-0.05, 0) is 49.2 Å². The molecule has 0 saturated carbocycles. The zero-order chi connectivity index (χ0) is 22.6. The number of aromatic nitrogens is 2. The Morgan fingerprint density at radius 2 is 1.28 bits per heavy atom. The molecule has 0 radical (unpaired) electrons. The second-order valence-electron chi connectivity index (χ2n) is 8.00. The van der Waals surface area contributed by atoms with Gasteiger partial charge in [0.1, 0.15) is 5.75 Å². The lowest BCUT2D eigenvalue weighted by molar-refractivity contribution is -0.274. The van der Waals surface area contributed by atoms with Crippen molar-refractivity contribution in [3.8, 4) is 5.75 Å². The van der Waals surface area contributed by atoms with Crippen LogP contribution in [0.3, 0.4) is 0 Å². The predicted molar refractivity (Wildman–Crippen MR) is 114 cm³/mol. The zero-order valence-corrected chi connectivity index (χ0v) is 17.7. The molecule has 0 atom stereocenters. The number of hydrogen-bond acceptors (Lipinski definition) is 6. The molecule has 2 aromatic rings. The zero-order valence-electron chi connectivity index (χ0n) is 17.7. The fraction of sp³-hybridized carbons (Fsp3) is 0.500. The quantitative estimate of drug-likeness (QED) is 0.709. The number of rotatable bonds is 4. The molecule has 10 heteroatoms. The van der Waals surface area contributed by atoms with Gasteiger partial charge in [-0.15, -0.1) is 23.4 Å². The molecule has 2 aliphatic rings. The summed E-state index contributed by atoms with van der Waals surface area (Å²) in [4.78, 5) is 18.8. The lowest BCUT2D eigenvalue weighted by Gasteiger charge is -2.35. The predicted octanol–water partition coefficient (Wildman–Crippen LogP) is 3.72. The van der Waals surface area contributed by atoms with Crippen LogP contribution in [0.15, 0.2) is 36.4 Å². The molecule has 172 valence electrons. The van der Waals surface area contributed by atoms with E-state index in [1.807, 2.05) is 12.1 Å². The van der Waals surface area contributed by atoms with Gasteiger partial charge in [0.25, 0.3) is 5.91 Å². The molecule has 2 aliphatic heterocycles. The van der Waals surface area contributed by atoms with Gasteiger partial charge in [-0.2, -0.15) is 0 Å². The van der Waals surface area contributed by atoms with E-state index < -0.39 is 6.36 Å². The first kappa shape index (κ1) is 22.2. The highest BCUT2D eigenvalue weighted by Crippen LogP contribution is 2.24. The van der Waals surface area contributed by atoms with Crippen LogP contribution in [0.5, 0.6) is 5.75 Å². The first-order valence-corrected chi connectivity index (χ1v) is 10.9. The minimum absolute atomic E-state index is 0.217. The number of hydrogen-bond donors (Lipinski definition) is 0. The molecule has 2 saturated heterocycles. The highest BCUT2D eigenvalue weighted by atomic mass is 19.4. The van der Waals surface area contributed by atoms with Crippen LogP contribution in [0.2, 0.25) is 0 Å².